The summed E-state index contributed by atoms with van der Waals surface area (Å²) in [6.07, 6.45) is 1.43. The third-order valence-electron chi connectivity index (χ3n) is 6.66. The van der Waals surface area contributed by atoms with E-state index >= 15 is 0 Å². The molecule has 4 rings (SSSR count). The van der Waals surface area contributed by atoms with Crippen molar-refractivity contribution in [3.05, 3.63) is 53.2 Å². The lowest BCUT2D eigenvalue weighted by atomic mass is 10.1. The van der Waals surface area contributed by atoms with Crippen LogP contribution in [0.5, 0.6) is 5.75 Å². The number of ether oxygens (including phenoxy) is 1. The molecule has 1 saturated heterocycles. The molecule has 0 saturated carbocycles. The Morgan fingerprint density at radius 2 is 1.70 bits per heavy atom. The second-order valence-electron chi connectivity index (χ2n) is 10.2. The van der Waals surface area contributed by atoms with E-state index in [1.807, 2.05) is 27.0 Å². The van der Waals surface area contributed by atoms with Crippen LogP contribution in [0.3, 0.4) is 0 Å². The molecule has 1 aliphatic rings. The Balaban J connectivity index is 1.64. The lowest BCUT2D eigenvalue weighted by molar-refractivity contribution is 0.195. The van der Waals surface area contributed by atoms with Gasteiger partial charge in [0.1, 0.15) is 10.8 Å². The highest BCUT2D eigenvalue weighted by Crippen LogP contribution is 2.37. The zero-order valence-electron chi connectivity index (χ0n) is 23.8. The summed E-state index contributed by atoms with van der Waals surface area (Å²) < 4.78 is 32.0. The summed E-state index contributed by atoms with van der Waals surface area (Å²) in [5, 5.41) is 8.26. The standard InChI is InChI=1S/C28H38ClN7O3S/c1-18(2)39-25-16-24(35-11-13-36(30-6)14-12-35)20(5)15-23(25)33-28-31-17-21(29)27(34-28)32-22-9-7-8-10-26(22)40(37,38)19(3)4/h7-10,15-19,30H,11-14H2,1-6H3,(H2,31,32,33,34). The van der Waals surface area contributed by atoms with Crippen LogP contribution in [0.25, 0.3) is 0 Å². The highest BCUT2D eigenvalue weighted by Gasteiger charge is 2.24. The molecule has 2 aromatic carbocycles. The first-order valence-electron chi connectivity index (χ1n) is 13.4. The van der Waals surface area contributed by atoms with Crippen LogP contribution in [0.4, 0.5) is 28.8 Å². The monoisotopic (exact) mass is 587 g/mol. The maximum atomic E-state index is 12.9. The maximum absolute atomic E-state index is 12.9. The van der Waals surface area contributed by atoms with Gasteiger partial charge in [-0.1, -0.05) is 23.7 Å². The number of piperazine rings is 1. The number of para-hydroxylation sites is 1. The van der Waals surface area contributed by atoms with Crippen molar-refractivity contribution in [2.45, 2.75) is 50.9 Å². The molecule has 1 aliphatic heterocycles. The topological polar surface area (TPSA) is 112 Å². The first-order valence-corrected chi connectivity index (χ1v) is 15.3. The van der Waals surface area contributed by atoms with Crippen molar-refractivity contribution < 1.29 is 13.2 Å². The molecule has 0 spiro atoms. The third-order valence-corrected chi connectivity index (χ3v) is 9.14. The Bertz CT molecular complexity index is 1440. The van der Waals surface area contributed by atoms with Crippen molar-refractivity contribution in [3.8, 4) is 5.75 Å². The van der Waals surface area contributed by atoms with Gasteiger partial charge >= 0.3 is 0 Å². The molecule has 3 aromatic rings. The molecule has 0 radical (unpaired) electrons. The van der Waals surface area contributed by atoms with Gasteiger partial charge in [0.2, 0.25) is 5.95 Å². The number of benzene rings is 2. The molecule has 1 aromatic heterocycles. The molecule has 0 unspecified atom stereocenters. The molecular formula is C28H38ClN7O3S. The van der Waals surface area contributed by atoms with E-state index in [2.05, 4.69) is 48.9 Å². The summed E-state index contributed by atoms with van der Waals surface area (Å²) in [6, 6.07) is 10.8. The number of hydrogen-bond donors (Lipinski definition) is 3. The molecule has 0 aliphatic carbocycles. The van der Waals surface area contributed by atoms with Crippen LogP contribution in [-0.4, -0.2) is 68.0 Å². The average molecular weight is 588 g/mol. The van der Waals surface area contributed by atoms with Gasteiger partial charge in [-0.2, -0.15) is 4.98 Å². The van der Waals surface area contributed by atoms with Crippen molar-refractivity contribution in [1.82, 2.24) is 20.4 Å². The number of halogens is 1. The van der Waals surface area contributed by atoms with E-state index in [1.165, 1.54) is 6.20 Å². The minimum absolute atomic E-state index is 0.0417. The summed E-state index contributed by atoms with van der Waals surface area (Å²) in [7, 11) is -1.58. The quantitative estimate of drug-likeness (QED) is 0.294. The molecule has 10 nitrogen and oxygen atoms in total. The van der Waals surface area contributed by atoms with Gasteiger partial charge in [-0.3, -0.25) is 5.43 Å². The number of aryl methyl sites for hydroxylation is 1. The predicted molar refractivity (Wildman–Crippen MR) is 162 cm³/mol. The number of sulfone groups is 1. The van der Waals surface area contributed by atoms with E-state index in [9.17, 15) is 8.42 Å². The minimum Gasteiger partial charge on any atom is -0.489 e. The largest absolute Gasteiger partial charge is 0.489 e. The smallest absolute Gasteiger partial charge is 0.229 e. The number of anilines is 5. The highest BCUT2D eigenvalue weighted by molar-refractivity contribution is 7.92. The van der Waals surface area contributed by atoms with Crippen molar-refractivity contribution >= 4 is 50.3 Å². The molecule has 0 atom stereocenters. The molecule has 0 bridgehead atoms. The normalized spacial score (nSPS) is 14.6. The van der Waals surface area contributed by atoms with E-state index in [-0.39, 0.29) is 21.8 Å². The van der Waals surface area contributed by atoms with Gasteiger partial charge in [0, 0.05) is 37.9 Å². The lowest BCUT2D eigenvalue weighted by Crippen LogP contribution is -2.51. The van der Waals surface area contributed by atoms with E-state index < -0.39 is 15.1 Å². The number of hydrazine groups is 1. The van der Waals surface area contributed by atoms with Gasteiger partial charge in [-0.05, 0) is 65.4 Å². The van der Waals surface area contributed by atoms with E-state index in [0.29, 0.717) is 17.4 Å². The van der Waals surface area contributed by atoms with Crippen molar-refractivity contribution in [2.24, 2.45) is 0 Å². The Kier molecular flexibility index (Phi) is 9.40. The Morgan fingerprint density at radius 1 is 1.00 bits per heavy atom. The lowest BCUT2D eigenvalue weighted by Gasteiger charge is -2.36. The first-order chi connectivity index (χ1) is 19.0. The van der Waals surface area contributed by atoms with Crippen LogP contribution in [0.15, 0.2) is 47.5 Å². The molecule has 2 heterocycles. The number of aromatic nitrogens is 2. The summed E-state index contributed by atoms with van der Waals surface area (Å²) in [5.41, 5.74) is 6.55. The second-order valence-corrected chi connectivity index (χ2v) is 13.1. The SMILES string of the molecule is CNN1CCN(c2cc(OC(C)C)c(Nc3ncc(Cl)c(Nc4ccccc4S(=O)(=O)C(C)C)n3)cc2C)CC1. The molecule has 0 amide bonds. The summed E-state index contributed by atoms with van der Waals surface area (Å²) in [6.45, 7) is 13.0. The fraction of sp³-hybridized carbons (Fsp3) is 0.429. The fourth-order valence-electron chi connectivity index (χ4n) is 4.47. The van der Waals surface area contributed by atoms with Crippen LogP contribution in [0.1, 0.15) is 33.3 Å². The van der Waals surface area contributed by atoms with E-state index in [4.69, 9.17) is 16.3 Å². The second kappa shape index (κ2) is 12.6. The number of nitrogens with one attached hydrogen (secondary N) is 3. The predicted octanol–water partition coefficient (Wildman–Crippen LogP) is 5.15. The summed E-state index contributed by atoms with van der Waals surface area (Å²) in [4.78, 5) is 11.5. The van der Waals surface area contributed by atoms with Gasteiger partial charge in [-0.25, -0.2) is 18.4 Å². The third kappa shape index (κ3) is 6.77. The van der Waals surface area contributed by atoms with Gasteiger partial charge in [-0.15, -0.1) is 0 Å². The van der Waals surface area contributed by atoms with Crippen LogP contribution in [0, 0.1) is 6.92 Å². The fourth-order valence-corrected chi connectivity index (χ4v) is 5.81. The number of hydrogen-bond acceptors (Lipinski definition) is 10. The summed E-state index contributed by atoms with van der Waals surface area (Å²) >= 11 is 6.43. The van der Waals surface area contributed by atoms with Gasteiger partial charge in [0.05, 0.1) is 33.8 Å². The molecule has 40 heavy (non-hydrogen) atoms. The van der Waals surface area contributed by atoms with E-state index in [0.717, 1.165) is 43.1 Å². The van der Waals surface area contributed by atoms with Crippen LogP contribution in [-0.2, 0) is 9.84 Å². The Labute approximate surface area is 242 Å². The maximum Gasteiger partial charge on any atom is 0.229 e. The number of rotatable bonds is 10. The molecule has 3 N–H and O–H groups in total. The molecule has 216 valence electrons. The van der Waals surface area contributed by atoms with Gasteiger partial charge in [0.25, 0.3) is 0 Å². The summed E-state index contributed by atoms with van der Waals surface area (Å²) in [5.74, 6) is 1.26. The Morgan fingerprint density at radius 3 is 2.35 bits per heavy atom. The highest BCUT2D eigenvalue weighted by atomic mass is 35.5. The van der Waals surface area contributed by atoms with Gasteiger partial charge in [0.15, 0.2) is 15.7 Å². The van der Waals surface area contributed by atoms with Gasteiger partial charge < -0.3 is 20.3 Å². The zero-order valence-corrected chi connectivity index (χ0v) is 25.4. The molecule has 1 fully saturated rings. The zero-order chi connectivity index (χ0) is 29.0. The average Bonchev–Trinajstić information content (AvgIpc) is 2.92. The first kappa shape index (κ1) is 29.9. The van der Waals surface area contributed by atoms with Crippen LogP contribution >= 0.6 is 11.6 Å². The van der Waals surface area contributed by atoms with Crippen molar-refractivity contribution in [2.75, 3.05) is 48.8 Å². The van der Waals surface area contributed by atoms with Crippen molar-refractivity contribution in [1.29, 1.82) is 0 Å². The van der Waals surface area contributed by atoms with Crippen LogP contribution < -0.4 is 25.7 Å². The van der Waals surface area contributed by atoms with E-state index in [1.54, 1.807) is 38.1 Å². The van der Waals surface area contributed by atoms with Crippen molar-refractivity contribution in [3.63, 3.8) is 0 Å². The molecular weight excluding hydrogens is 550 g/mol. The van der Waals surface area contributed by atoms with Crippen LogP contribution in [0.2, 0.25) is 5.02 Å². The number of nitrogens with zero attached hydrogens (tertiary/aromatic N) is 4. The Hall–Kier alpha value is -3.12. The minimum atomic E-state index is -3.53. The molecule has 12 heteroatoms.